The van der Waals surface area contributed by atoms with Gasteiger partial charge in [0.25, 0.3) is 0 Å². The lowest BCUT2D eigenvalue weighted by molar-refractivity contribution is 0.621. The van der Waals surface area contributed by atoms with Crippen LogP contribution in [0.25, 0.3) is 5.57 Å². The molecule has 0 atom stereocenters. The highest BCUT2D eigenvalue weighted by Crippen LogP contribution is 2.22. The lowest BCUT2D eigenvalue weighted by Gasteiger charge is -2.09. The van der Waals surface area contributed by atoms with Gasteiger partial charge in [-0.15, -0.1) is 0 Å². The molecular weight excluding hydrogens is 151 g/mol. The second-order valence-electron chi connectivity index (χ2n) is 3.16. The van der Waals surface area contributed by atoms with Gasteiger partial charge in [-0.1, -0.05) is 38.6 Å². The Morgan fingerprint density at radius 2 is 1.92 bits per heavy atom. The van der Waals surface area contributed by atoms with Crippen LogP contribution in [0.4, 0.5) is 4.39 Å². The number of hydrogen-bond donors (Lipinski definition) is 0. The van der Waals surface area contributed by atoms with Gasteiger partial charge in [0, 0.05) is 5.56 Å². The smallest absolute Gasteiger partial charge is 0.130 e. The Morgan fingerprint density at radius 1 is 1.33 bits per heavy atom. The molecule has 0 aromatic heterocycles. The van der Waals surface area contributed by atoms with Gasteiger partial charge in [-0.05, 0) is 17.6 Å². The van der Waals surface area contributed by atoms with Crippen molar-refractivity contribution in [3.05, 3.63) is 42.2 Å². The van der Waals surface area contributed by atoms with Crippen LogP contribution in [0.1, 0.15) is 19.4 Å². The molecule has 1 aromatic carbocycles. The van der Waals surface area contributed by atoms with Crippen molar-refractivity contribution in [2.45, 2.75) is 13.8 Å². The molecule has 0 amide bonds. The summed E-state index contributed by atoms with van der Waals surface area (Å²) < 4.78 is 13.1. The third kappa shape index (κ3) is 1.73. The monoisotopic (exact) mass is 164 g/mol. The van der Waals surface area contributed by atoms with Gasteiger partial charge < -0.3 is 0 Å². The van der Waals surface area contributed by atoms with E-state index >= 15 is 0 Å². The lowest BCUT2D eigenvalue weighted by Crippen LogP contribution is -1.94. The van der Waals surface area contributed by atoms with Crippen molar-refractivity contribution in [3.8, 4) is 0 Å². The standard InChI is InChI=1S/C11H13F/c1-8(2)9(3)10-6-4-5-7-11(10)12/h4-8H,3H2,1-2H3. The average Bonchev–Trinajstić information content (AvgIpc) is 2.04. The minimum absolute atomic E-state index is 0.184. The molecule has 64 valence electrons. The lowest BCUT2D eigenvalue weighted by atomic mass is 9.97. The first-order chi connectivity index (χ1) is 5.63. The molecule has 0 fully saturated rings. The predicted molar refractivity (Wildman–Crippen MR) is 50.3 cm³/mol. The van der Waals surface area contributed by atoms with Gasteiger partial charge in [0.05, 0.1) is 0 Å². The molecule has 0 nitrogen and oxygen atoms in total. The van der Waals surface area contributed by atoms with Gasteiger partial charge in [-0.2, -0.15) is 0 Å². The Kier molecular flexibility index (Phi) is 2.64. The molecule has 0 bridgehead atoms. The van der Waals surface area contributed by atoms with E-state index in [1.165, 1.54) is 6.07 Å². The van der Waals surface area contributed by atoms with Crippen molar-refractivity contribution < 1.29 is 4.39 Å². The van der Waals surface area contributed by atoms with E-state index in [4.69, 9.17) is 0 Å². The molecule has 0 unspecified atom stereocenters. The summed E-state index contributed by atoms with van der Waals surface area (Å²) in [6.07, 6.45) is 0. The summed E-state index contributed by atoms with van der Waals surface area (Å²) in [5, 5.41) is 0. The van der Waals surface area contributed by atoms with Crippen LogP contribution in [0.5, 0.6) is 0 Å². The minimum atomic E-state index is -0.184. The first kappa shape index (κ1) is 8.98. The zero-order chi connectivity index (χ0) is 9.14. The molecule has 0 heterocycles. The maximum Gasteiger partial charge on any atom is 0.130 e. The quantitative estimate of drug-likeness (QED) is 0.627. The molecule has 0 N–H and O–H groups in total. The van der Waals surface area contributed by atoms with Crippen LogP contribution < -0.4 is 0 Å². The molecule has 12 heavy (non-hydrogen) atoms. The minimum Gasteiger partial charge on any atom is -0.206 e. The Labute approximate surface area is 72.7 Å². The van der Waals surface area contributed by atoms with Crippen molar-refractivity contribution in [1.29, 1.82) is 0 Å². The first-order valence-electron chi connectivity index (χ1n) is 4.06. The topological polar surface area (TPSA) is 0 Å². The maximum absolute atomic E-state index is 13.1. The summed E-state index contributed by atoms with van der Waals surface area (Å²) in [6.45, 7) is 7.86. The van der Waals surface area contributed by atoms with Crippen LogP contribution in [-0.4, -0.2) is 0 Å². The van der Waals surface area contributed by atoms with Crippen molar-refractivity contribution in [3.63, 3.8) is 0 Å². The molecule has 1 aromatic rings. The largest absolute Gasteiger partial charge is 0.206 e. The van der Waals surface area contributed by atoms with Crippen LogP contribution >= 0.6 is 0 Å². The van der Waals surface area contributed by atoms with Gasteiger partial charge in [-0.25, -0.2) is 4.39 Å². The van der Waals surface area contributed by atoms with Crippen LogP contribution in [-0.2, 0) is 0 Å². The fourth-order valence-corrected chi connectivity index (χ4v) is 1.03. The Bertz CT molecular complexity index is 287. The van der Waals surface area contributed by atoms with E-state index in [1.807, 2.05) is 19.9 Å². The number of rotatable bonds is 2. The third-order valence-corrected chi connectivity index (χ3v) is 1.92. The van der Waals surface area contributed by atoms with Crippen LogP contribution in [0.3, 0.4) is 0 Å². The van der Waals surface area contributed by atoms with Gasteiger partial charge in [0.2, 0.25) is 0 Å². The molecule has 0 spiro atoms. The highest BCUT2D eigenvalue weighted by atomic mass is 19.1. The SMILES string of the molecule is C=C(c1ccccc1F)C(C)C. The molecule has 0 aliphatic carbocycles. The predicted octanol–water partition coefficient (Wildman–Crippen LogP) is 3.49. The Morgan fingerprint density at radius 3 is 2.42 bits per heavy atom. The van der Waals surface area contributed by atoms with E-state index < -0.39 is 0 Å². The second-order valence-corrected chi connectivity index (χ2v) is 3.16. The van der Waals surface area contributed by atoms with Gasteiger partial charge in [0.1, 0.15) is 5.82 Å². The van der Waals surface area contributed by atoms with E-state index in [-0.39, 0.29) is 5.82 Å². The van der Waals surface area contributed by atoms with Crippen molar-refractivity contribution in [2.24, 2.45) is 5.92 Å². The highest BCUT2D eigenvalue weighted by Gasteiger charge is 2.07. The Hall–Kier alpha value is -1.11. The highest BCUT2D eigenvalue weighted by molar-refractivity contribution is 5.64. The second kappa shape index (κ2) is 3.53. The molecule has 0 radical (unpaired) electrons. The van der Waals surface area contributed by atoms with E-state index in [1.54, 1.807) is 12.1 Å². The van der Waals surface area contributed by atoms with E-state index in [9.17, 15) is 4.39 Å². The van der Waals surface area contributed by atoms with Crippen LogP contribution in [0.15, 0.2) is 30.8 Å². The normalized spacial score (nSPS) is 10.3. The molecule has 0 aliphatic heterocycles. The fraction of sp³-hybridized carbons (Fsp3) is 0.273. The average molecular weight is 164 g/mol. The van der Waals surface area contributed by atoms with Gasteiger partial charge in [-0.3, -0.25) is 0 Å². The molecule has 0 saturated heterocycles. The molecule has 1 heteroatoms. The summed E-state index contributed by atoms with van der Waals surface area (Å²) in [6, 6.07) is 6.74. The third-order valence-electron chi connectivity index (χ3n) is 1.92. The summed E-state index contributed by atoms with van der Waals surface area (Å²) in [4.78, 5) is 0. The van der Waals surface area contributed by atoms with Crippen molar-refractivity contribution >= 4 is 5.57 Å². The zero-order valence-electron chi connectivity index (χ0n) is 7.47. The van der Waals surface area contributed by atoms with E-state index in [0.29, 0.717) is 11.5 Å². The number of halogens is 1. The molecular formula is C11H13F. The summed E-state index contributed by atoms with van der Waals surface area (Å²) >= 11 is 0. The van der Waals surface area contributed by atoms with E-state index in [2.05, 4.69) is 6.58 Å². The van der Waals surface area contributed by atoms with E-state index in [0.717, 1.165) is 5.57 Å². The maximum atomic E-state index is 13.1. The number of benzene rings is 1. The van der Waals surface area contributed by atoms with Crippen LogP contribution in [0.2, 0.25) is 0 Å². The zero-order valence-corrected chi connectivity index (χ0v) is 7.47. The van der Waals surface area contributed by atoms with Crippen LogP contribution in [0, 0.1) is 11.7 Å². The fourth-order valence-electron chi connectivity index (χ4n) is 1.03. The molecule has 0 aliphatic rings. The van der Waals surface area contributed by atoms with Crippen molar-refractivity contribution in [1.82, 2.24) is 0 Å². The number of allylic oxidation sites excluding steroid dienone is 1. The summed E-state index contributed by atoms with van der Waals surface area (Å²) in [5.74, 6) is 0.109. The molecule has 1 rings (SSSR count). The summed E-state index contributed by atoms with van der Waals surface area (Å²) in [7, 11) is 0. The van der Waals surface area contributed by atoms with Gasteiger partial charge in [0.15, 0.2) is 0 Å². The van der Waals surface area contributed by atoms with Crippen molar-refractivity contribution in [2.75, 3.05) is 0 Å². The first-order valence-corrected chi connectivity index (χ1v) is 4.06. The number of hydrogen-bond acceptors (Lipinski definition) is 0. The Balaban J connectivity index is 3.03. The summed E-state index contributed by atoms with van der Waals surface area (Å²) in [5.41, 5.74) is 1.49. The molecule has 0 saturated carbocycles. The van der Waals surface area contributed by atoms with Gasteiger partial charge >= 0.3 is 0 Å².